The van der Waals surface area contributed by atoms with Crippen LogP contribution < -0.4 is 10.5 Å². The summed E-state index contributed by atoms with van der Waals surface area (Å²) in [6, 6.07) is 16.5. The van der Waals surface area contributed by atoms with Crippen molar-refractivity contribution in [1.29, 1.82) is 0 Å². The molecule has 0 bridgehead atoms. The highest BCUT2D eigenvalue weighted by Crippen LogP contribution is 2.33. The third-order valence-corrected chi connectivity index (χ3v) is 4.21. The third kappa shape index (κ3) is 3.19. The summed E-state index contributed by atoms with van der Waals surface area (Å²) in [6.45, 7) is 3.17. The summed E-state index contributed by atoms with van der Waals surface area (Å²) in [5.41, 5.74) is 9.31. The van der Waals surface area contributed by atoms with E-state index in [9.17, 15) is 0 Å². The molecule has 1 heterocycles. The van der Waals surface area contributed by atoms with Gasteiger partial charge in [0.05, 0.1) is 7.11 Å². The first-order valence-corrected chi connectivity index (χ1v) is 7.46. The lowest BCUT2D eigenvalue weighted by atomic mass is 9.97. The molecule has 0 aromatic heterocycles. The Balaban J connectivity index is 1.68. The first-order chi connectivity index (χ1) is 10.3. The topological polar surface area (TPSA) is 38.5 Å². The molecule has 1 aliphatic heterocycles. The van der Waals surface area contributed by atoms with Gasteiger partial charge in [-0.05, 0) is 42.3 Å². The minimum atomic E-state index is 0.558. The van der Waals surface area contributed by atoms with Crippen LogP contribution >= 0.6 is 0 Å². The molecule has 2 N–H and O–H groups in total. The minimum absolute atomic E-state index is 0.558. The minimum Gasteiger partial charge on any atom is -0.496 e. The number of para-hydroxylation sites is 1. The molecule has 1 aliphatic rings. The van der Waals surface area contributed by atoms with E-state index in [1.807, 2.05) is 18.2 Å². The summed E-state index contributed by atoms with van der Waals surface area (Å²) in [7, 11) is 1.75. The largest absolute Gasteiger partial charge is 0.496 e. The summed E-state index contributed by atoms with van der Waals surface area (Å²) in [5, 5.41) is 0. The number of methoxy groups -OCH3 is 1. The second kappa shape index (κ2) is 6.19. The average Bonchev–Trinajstić information content (AvgIpc) is 2.95. The monoisotopic (exact) mass is 282 g/mol. The van der Waals surface area contributed by atoms with Gasteiger partial charge < -0.3 is 10.5 Å². The van der Waals surface area contributed by atoms with Crippen molar-refractivity contribution in [2.45, 2.75) is 18.9 Å². The van der Waals surface area contributed by atoms with Crippen molar-refractivity contribution in [2.75, 3.05) is 25.9 Å². The predicted octanol–water partition coefficient (Wildman–Crippen LogP) is 3.27. The van der Waals surface area contributed by atoms with Crippen molar-refractivity contribution >= 4 is 5.69 Å². The SMILES string of the molecule is COc1ccccc1C1CCN(Cc2cccc(N)c2)C1. The molecule has 0 radical (unpaired) electrons. The van der Waals surface area contributed by atoms with Crippen molar-refractivity contribution in [2.24, 2.45) is 0 Å². The van der Waals surface area contributed by atoms with E-state index in [1.165, 1.54) is 17.5 Å². The highest BCUT2D eigenvalue weighted by Gasteiger charge is 2.25. The lowest BCUT2D eigenvalue weighted by Crippen LogP contribution is -2.19. The Labute approximate surface area is 126 Å². The van der Waals surface area contributed by atoms with Crippen LogP contribution in [0.25, 0.3) is 0 Å². The number of nitrogens with two attached hydrogens (primary N) is 1. The fourth-order valence-electron chi connectivity index (χ4n) is 3.18. The van der Waals surface area contributed by atoms with Gasteiger partial charge in [-0.3, -0.25) is 4.90 Å². The number of likely N-dealkylation sites (tertiary alicyclic amines) is 1. The molecule has 1 atom stereocenters. The van der Waals surface area contributed by atoms with Crippen molar-refractivity contribution in [3.8, 4) is 5.75 Å². The summed E-state index contributed by atoms with van der Waals surface area (Å²) in [4.78, 5) is 2.49. The summed E-state index contributed by atoms with van der Waals surface area (Å²) >= 11 is 0. The van der Waals surface area contributed by atoms with Crippen LogP contribution in [-0.2, 0) is 6.54 Å². The summed E-state index contributed by atoms with van der Waals surface area (Å²) in [6.07, 6.45) is 1.18. The third-order valence-electron chi connectivity index (χ3n) is 4.21. The smallest absolute Gasteiger partial charge is 0.122 e. The van der Waals surface area contributed by atoms with Gasteiger partial charge in [0.25, 0.3) is 0 Å². The van der Waals surface area contributed by atoms with Crippen LogP contribution in [0.15, 0.2) is 48.5 Å². The fraction of sp³-hybridized carbons (Fsp3) is 0.333. The Hall–Kier alpha value is -2.00. The Morgan fingerprint density at radius 2 is 2.05 bits per heavy atom. The molecule has 1 saturated heterocycles. The second-order valence-corrected chi connectivity index (χ2v) is 5.71. The molecule has 3 nitrogen and oxygen atoms in total. The van der Waals surface area contributed by atoms with Gasteiger partial charge in [-0.2, -0.15) is 0 Å². The molecule has 0 aliphatic carbocycles. The molecule has 3 heteroatoms. The van der Waals surface area contributed by atoms with Crippen LogP contribution in [0, 0.1) is 0 Å². The van der Waals surface area contributed by atoms with Crippen molar-refractivity contribution in [1.82, 2.24) is 4.90 Å². The molecular weight excluding hydrogens is 260 g/mol. The standard InChI is InChI=1S/C18H22N2O/c1-21-18-8-3-2-7-17(18)15-9-10-20(13-15)12-14-5-4-6-16(19)11-14/h2-8,11,15H,9-10,12-13,19H2,1H3. The normalized spacial score (nSPS) is 18.8. The zero-order valence-electron chi connectivity index (χ0n) is 12.5. The molecule has 3 rings (SSSR count). The van der Waals surface area contributed by atoms with Crippen molar-refractivity contribution in [3.63, 3.8) is 0 Å². The summed E-state index contributed by atoms with van der Waals surface area (Å²) < 4.78 is 5.49. The van der Waals surface area contributed by atoms with E-state index >= 15 is 0 Å². The van der Waals surface area contributed by atoms with Crippen molar-refractivity contribution in [3.05, 3.63) is 59.7 Å². The van der Waals surface area contributed by atoms with Crippen LogP contribution in [-0.4, -0.2) is 25.1 Å². The van der Waals surface area contributed by atoms with Gasteiger partial charge in [-0.1, -0.05) is 30.3 Å². The maximum atomic E-state index is 5.85. The maximum Gasteiger partial charge on any atom is 0.122 e. The van der Waals surface area contributed by atoms with Gasteiger partial charge in [0.2, 0.25) is 0 Å². The zero-order valence-corrected chi connectivity index (χ0v) is 12.5. The van der Waals surface area contributed by atoms with E-state index in [1.54, 1.807) is 7.11 Å². The van der Waals surface area contributed by atoms with Crippen LogP contribution in [0.4, 0.5) is 5.69 Å². The number of hydrogen-bond donors (Lipinski definition) is 1. The van der Waals surface area contributed by atoms with Crippen molar-refractivity contribution < 1.29 is 4.74 Å². The number of nitrogen functional groups attached to an aromatic ring is 1. The quantitative estimate of drug-likeness (QED) is 0.875. The number of benzene rings is 2. The maximum absolute atomic E-state index is 5.85. The Kier molecular flexibility index (Phi) is 4.11. The highest BCUT2D eigenvalue weighted by atomic mass is 16.5. The molecule has 21 heavy (non-hydrogen) atoms. The molecular formula is C18H22N2O. The molecule has 2 aromatic carbocycles. The fourth-order valence-corrected chi connectivity index (χ4v) is 3.18. The number of rotatable bonds is 4. The molecule has 2 aromatic rings. The Bertz CT molecular complexity index is 612. The number of anilines is 1. The van der Waals surface area contributed by atoms with Gasteiger partial charge in [0.1, 0.15) is 5.75 Å². The zero-order chi connectivity index (χ0) is 14.7. The van der Waals surface area contributed by atoms with Gasteiger partial charge >= 0.3 is 0 Å². The van der Waals surface area contributed by atoms with Gasteiger partial charge in [-0.25, -0.2) is 0 Å². The first kappa shape index (κ1) is 14.0. The first-order valence-electron chi connectivity index (χ1n) is 7.46. The highest BCUT2D eigenvalue weighted by molar-refractivity contribution is 5.41. The number of hydrogen-bond acceptors (Lipinski definition) is 3. The molecule has 1 unspecified atom stereocenters. The van der Waals surface area contributed by atoms with Crippen LogP contribution in [0.5, 0.6) is 5.75 Å². The van der Waals surface area contributed by atoms with Gasteiger partial charge in [-0.15, -0.1) is 0 Å². The number of ether oxygens (including phenoxy) is 1. The average molecular weight is 282 g/mol. The Morgan fingerprint density at radius 1 is 1.19 bits per heavy atom. The van der Waals surface area contributed by atoms with Gasteiger partial charge in [0.15, 0.2) is 0 Å². The van der Waals surface area contributed by atoms with Crippen LogP contribution in [0.3, 0.4) is 0 Å². The van der Waals surface area contributed by atoms with E-state index in [4.69, 9.17) is 10.5 Å². The molecule has 0 amide bonds. The Morgan fingerprint density at radius 3 is 2.86 bits per heavy atom. The van der Waals surface area contributed by atoms with Crippen LogP contribution in [0.2, 0.25) is 0 Å². The van der Waals surface area contributed by atoms with E-state index in [2.05, 4.69) is 35.2 Å². The molecule has 0 spiro atoms. The molecule has 110 valence electrons. The van der Waals surface area contributed by atoms with Gasteiger partial charge in [0, 0.05) is 24.7 Å². The van der Waals surface area contributed by atoms with E-state index < -0.39 is 0 Å². The lowest BCUT2D eigenvalue weighted by Gasteiger charge is -2.17. The van der Waals surface area contributed by atoms with E-state index in [0.717, 1.165) is 31.1 Å². The van der Waals surface area contributed by atoms with Crippen LogP contribution in [0.1, 0.15) is 23.5 Å². The number of nitrogens with zero attached hydrogens (tertiary/aromatic N) is 1. The second-order valence-electron chi connectivity index (χ2n) is 5.71. The summed E-state index contributed by atoms with van der Waals surface area (Å²) in [5.74, 6) is 1.57. The lowest BCUT2D eigenvalue weighted by molar-refractivity contribution is 0.325. The van der Waals surface area contributed by atoms with E-state index in [0.29, 0.717) is 5.92 Å². The van der Waals surface area contributed by atoms with E-state index in [-0.39, 0.29) is 0 Å². The molecule has 0 saturated carbocycles. The predicted molar refractivity (Wildman–Crippen MR) is 86.5 cm³/mol. The molecule has 1 fully saturated rings.